The zero-order valence-electron chi connectivity index (χ0n) is 12.1. The van der Waals surface area contributed by atoms with Crippen LogP contribution < -0.4 is 5.32 Å². The van der Waals surface area contributed by atoms with Crippen LogP contribution >= 0.6 is 0 Å². The number of benzene rings is 1. The van der Waals surface area contributed by atoms with Gasteiger partial charge in [0.1, 0.15) is 0 Å². The molecule has 2 unspecified atom stereocenters. The van der Waals surface area contributed by atoms with E-state index in [1.165, 1.54) is 43.4 Å². The molecule has 1 nitrogen and oxygen atoms in total. The number of hydrogen-bond donors (Lipinski definition) is 1. The minimum atomic E-state index is 0.786. The summed E-state index contributed by atoms with van der Waals surface area (Å²) in [7, 11) is 0. The lowest BCUT2D eigenvalue weighted by atomic mass is 9.87. The monoisotopic (exact) mass is 245 g/mol. The fraction of sp³-hybridized carbons (Fsp3) is 0.647. The molecular weight excluding hydrogens is 218 g/mol. The minimum Gasteiger partial charge on any atom is -0.316 e. The molecule has 0 amide bonds. The number of rotatable bonds is 5. The highest BCUT2D eigenvalue weighted by Crippen LogP contribution is 2.39. The highest BCUT2D eigenvalue weighted by molar-refractivity contribution is 5.32. The largest absolute Gasteiger partial charge is 0.316 e. The second kappa shape index (κ2) is 6.38. The van der Waals surface area contributed by atoms with E-state index in [4.69, 9.17) is 0 Å². The van der Waals surface area contributed by atoms with Crippen LogP contribution in [0.2, 0.25) is 0 Å². The normalized spacial score (nSPS) is 23.5. The summed E-state index contributed by atoms with van der Waals surface area (Å²) >= 11 is 0. The zero-order valence-corrected chi connectivity index (χ0v) is 12.1. The summed E-state index contributed by atoms with van der Waals surface area (Å²) < 4.78 is 0. The van der Waals surface area contributed by atoms with Gasteiger partial charge >= 0.3 is 0 Å². The molecule has 0 aliphatic heterocycles. The van der Waals surface area contributed by atoms with Gasteiger partial charge in [-0.3, -0.25) is 0 Å². The Morgan fingerprint density at radius 2 is 2.00 bits per heavy atom. The Labute approximate surface area is 112 Å². The smallest absolute Gasteiger partial charge is 0.00147 e. The topological polar surface area (TPSA) is 12.0 Å². The van der Waals surface area contributed by atoms with Crippen molar-refractivity contribution in [3.8, 4) is 0 Å². The van der Waals surface area contributed by atoms with Crippen molar-refractivity contribution < 1.29 is 0 Å². The first-order valence-electron chi connectivity index (χ1n) is 7.50. The molecule has 1 saturated carbocycles. The quantitative estimate of drug-likeness (QED) is 0.767. The summed E-state index contributed by atoms with van der Waals surface area (Å²) in [4.78, 5) is 0. The fourth-order valence-corrected chi connectivity index (χ4v) is 3.18. The van der Waals surface area contributed by atoms with Crippen LogP contribution in [0.3, 0.4) is 0 Å². The molecular formula is C17H27N. The fourth-order valence-electron chi connectivity index (χ4n) is 3.18. The molecule has 1 fully saturated rings. The van der Waals surface area contributed by atoms with Gasteiger partial charge in [0.15, 0.2) is 0 Å². The van der Waals surface area contributed by atoms with Crippen molar-refractivity contribution >= 4 is 0 Å². The highest BCUT2D eigenvalue weighted by Gasteiger charge is 2.28. The van der Waals surface area contributed by atoms with E-state index in [1.54, 1.807) is 5.56 Å². The Kier molecular flexibility index (Phi) is 4.82. The number of hydrogen-bond acceptors (Lipinski definition) is 1. The van der Waals surface area contributed by atoms with E-state index >= 15 is 0 Å². The molecule has 0 radical (unpaired) electrons. The molecule has 0 aromatic heterocycles. The van der Waals surface area contributed by atoms with Gasteiger partial charge in [-0.15, -0.1) is 0 Å². The van der Waals surface area contributed by atoms with Gasteiger partial charge in [-0.05, 0) is 74.7 Å². The molecule has 0 spiro atoms. The molecule has 1 aromatic rings. The maximum absolute atomic E-state index is 3.60. The first kappa shape index (κ1) is 13.6. The van der Waals surface area contributed by atoms with Crippen molar-refractivity contribution in [3.05, 3.63) is 34.9 Å². The van der Waals surface area contributed by atoms with Crippen molar-refractivity contribution in [2.75, 3.05) is 13.1 Å². The van der Waals surface area contributed by atoms with E-state index in [2.05, 4.69) is 44.3 Å². The third-order valence-electron chi connectivity index (χ3n) is 4.45. The van der Waals surface area contributed by atoms with E-state index in [-0.39, 0.29) is 0 Å². The lowest BCUT2D eigenvalue weighted by Crippen LogP contribution is -2.25. The molecule has 0 heterocycles. The zero-order chi connectivity index (χ0) is 13.0. The van der Waals surface area contributed by atoms with E-state index in [0.717, 1.165) is 18.4 Å². The first-order chi connectivity index (χ1) is 8.72. The Bertz CT molecular complexity index is 383. The standard InChI is InChI=1S/C17H27N/c1-4-10-18-12-16-6-5-7-17(16)15-9-8-13(2)14(3)11-15/h8-9,11,16-18H,4-7,10,12H2,1-3H3. The van der Waals surface area contributed by atoms with Gasteiger partial charge in [0, 0.05) is 0 Å². The van der Waals surface area contributed by atoms with Gasteiger partial charge in [0.25, 0.3) is 0 Å². The van der Waals surface area contributed by atoms with Crippen molar-refractivity contribution in [1.29, 1.82) is 0 Å². The average molecular weight is 245 g/mol. The highest BCUT2D eigenvalue weighted by atomic mass is 14.9. The van der Waals surface area contributed by atoms with Crippen LogP contribution in [0.15, 0.2) is 18.2 Å². The van der Waals surface area contributed by atoms with E-state index in [9.17, 15) is 0 Å². The molecule has 1 aliphatic carbocycles. The summed E-state index contributed by atoms with van der Waals surface area (Å²) in [5.74, 6) is 1.63. The number of aryl methyl sites for hydroxylation is 2. The second-order valence-electron chi connectivity index (χ2n) is 5.85. The van der Waals surface area contributed by atoms with Gasteiger partial charge in [-0.2, -0.15) is 0 Å². The van der Waals surface area contributed by atoms with Crippen LogP contribution in [0.1, 0.15) is 55.2 Å². The summed E-state index contributed by atoms with van der Waals surface area (Å²) in [5.41, 5.74) is 4.43. The van der Waals surface area contributed by atoms with Gasteiger partial charge in [0.2, 0.25) is 0 Å². The van der Waals surface area contributed by atoms with Crippen molar-refractivity contribution in [2.45, 2.75) is 52.4 Å². The third kappa shape index (κ3) is 3.14. The Balaban J connectivity index is 2.03. The van der Waals surface area contributed by atoms with Crippen LogP contribution in [0, 0.1) is 19.8 Å². The molecule has 1 aromatic carbocycles. The minimum absolute atomic E-state index is 0.786. The van der Waals surface area contributed by atoms with Crippen molar-refractivity contribution in [3.63, 3.8) is 0 Å². The van der Waals surface area contributed by atoms with Gasteiger partial charge in [-0.1, -0.05) is 31.5 Å². The summed E-state index contributed by atoms with van der Waals surface area (Å²) in [6, 6.07) is 7.06. The van der Waals surface area contributed by atoms with Crippen LogP contribution in [0.5, 0.6) is 0 Å². The molecule has 1 aliphatic rings. The van der Waals surface area contributed by atoms with Gasteiger partial charge < -0.3 is 5.32 Å². The number of nitrogens with one attached hydrogen (secondary N) is 1. The molecule has 0 saturated heterocycles. The molecule has 0 bridgehead atoms. The Hall–Kier alpha value is -0.820. The lowest BCUT2D eigenvalue weighted by Gasteiger charge is -2.21. The van der Waals surface area contributed by atoms with Crippen LogP contribution in [-0.2, 0) is 0 Å². The van der Waals surface area contributed by atoms with E-state index < -0.39 is 0 Å². The third-order valence-corrected chi connectivity index (χ3v) is 4.45. The Morgan fingerprint density at radius 1 is 1.17 bits per heavy atom. The maximum Gasteiger partial charge on any atom is -0.00147 e. The second-order valence-corrected chi connectivity index (χ2v) is 5.85. The summed E-state index contributed by atoms with van der Waals surface area (Å²) in [6.07, 6.45) is 5.41. The van der Waals surface area contributed by atoms with Crippen LogP contribution in [-0.4, -0.2) is 13.1 Å². The molecule has 18 heavy (non-hydrogen) atoms. The molecule has 1 heteroatoms. The molecule has 1 N–H and O–H groups in total. The maximum atomic E-state index is 3.60. The van der Waals surface area contributed by atoms with Crippen molar-refractivity contribution in [1.82, 2.24) is 5.32 Å². The van der Waals surface area contributed by atoms with Crippen LogP contribution in [0.25, 0.3) is 0 Å². The van der Waals surface area contributed by atoms with Crippen LogP contribution in [0.4, 0.5) is 0 Å². The first-order valence-corrected chi connectivity index (χ1v) is 7.50. The molecule has 100 valence electrons. The van der Waals surface area contributed by atoms with E-state index in [0.29, 0.717) is 0 Å². The van der Waals surface area contributed by atoms with Gasteiger partial charge in [0.05, 0.1) is 0 Å². The van der Waals surface area contributed by atoms with E-state index in [1.807, 2.05) is 0 Å². The Morgan fingerprint density at radius 3 is 2.72 bits per heavy atom. The predicted octanol–water partition coefficient (Wildman–Crippen LogP) is 4.19. The molecule has 2 rings (SSSR count). The lowest BCUT2D eigenvalue weighted by molar-refractivity contribution is 0.444. The molecule has 2 atom stereocenters. The van der Waals surface area contributed by atoms with Crippen molar-refractivity contribution in [2.24, 2.45) is 5.92 Å². The summed E-state index contributed by atoms with van der Waals surface area (Å²) in [5, 5.41) is 3.60. The average Bonchev–Trinajstić information content (AvgIpc) is 2.81. The predicted molar refractivity (Wildman–Crippen MR) is 79.2 cm³/mol. The van der Waals surface area contributed by atoms with Gasteiger partial charge in [-0.25, -0.2) is 0 Å². The SMILES string of the molecule is CCCNCC1CCCC1c1ccc(C)c(C)c1. The summed E-state index contributed by atoms with van der Waals surface area (Å²) in [6.45, 7) is 9.04.